The van der Waals surface area contributed by atoms with Crippen molar-refractivity contribution in [3.63, 3.8) is 0 Å². The first-order chi connectivity index (χ1) is 9.58. The van der Waals surface area contributed by atoms with E-state index in [1.165, 1.54) is 18.3 Å². The maximum Gasteiger partial charge on any atom is 0.271 e. The van der Waals surface area contributed by atoms with E-state index in [1.807, 2.05) is 0 Å². The van der Waals surface area contributed by atoms with E-state index in [0.717, 1.165) is 0 Å². The van der Waals surface area contributed by atoms with Crippen LogP contribution < -0.4 is 5.43 Å². The highest BCUT2D eigenvalue weighted by Crippen LogP contribution is 2.24. The summed E-state index contributed by atoms with van der Waals surface area (Å²) in [6, 6.07) is 11.1. The van der Waals surface area contributed by atoms with Crippen molar-refractivity contribution >= 4 is 35.3 Å². The van der Waals surface area contributed by atoms with Gasteiger partial charge in [-0.3, -0.25) is 4.79 Å². The second-order valence-electron chi connectivity index (χ2n) is 3.89. The van der Waals surface area contributed by atoms with Crippen LogP contribution in [0.1, 0.15) is 15.9 Å². The molecule has 2 rings (SSSR count). The zero-order valence-electron chi connectivity index (χ0n) is 10.2. The Balaban J connectivity index is 2.07. The third-order valence-corrected chi connectivity index (χ3v) is 3.29. The van der Waals surface area contributed by atoms with Gasteiger partial charge in [-0.25, -0.2) is 5.43 Å². The van der Waals surface area contributed by atoms with E-state index in [9.17, 15) is 9.90 Å². The molecule has 0 atom stereocenters. The minimum Gasteiger partial charge on any atom is -0.508 e. The first-order valence-electron chi connectivity index (χ1n) is 5.64. The Morgan fingerprint density at radius 2 is 1.95 bits per heavy atom. The summed E-state index contributed by atoms with van der Waals surface area (Å²) in [5, 5.41) is 13.9. The van der Waals surface area contributed by atoms with E-state index in [2.05, 4.69) is 10.5 Å². The van der Waals surface area contributed by atoms with Gasteiger partial charge >= 0.3 is 0 Å². The Hall–Kier alpha value is -2.04. The number of benzene rings is 2. The van der Waals surface area contributed by atoms with Crippen LogP contribution in [0.3, 0.4) is 0 Å². The SMILES string of the molecule is O=C(N/N=C\c1cccc(Cl)c1Cl)c1cccc(O)c1. The Morgan fingerprint density at radius 3 is 2.70 bits per heavy atom. The number of aromatic hydroxyl groups is 1. The molecule has 0 unspecified atom stereocenters. The molecule has 2 aromatic rings. The lowest BCUT2D eigenvalue weighted by molar-refractivity contribution is 0.0954. The van der Waals surface area contributed by atoms with Gasteiger partial charge in [0.15, 0.2) is 0 Å². The summed E-state index contributed by atoms with van der Waals surface area (Å²) in [5.74, 6) is -0.421. The summed E-state index contributed by atoms with van der Waals surface area (Å²) in [7, 11) is 0. The van der Waals surface area contributed by atoms with Crippen LogP contribution >= 0.6 is 23.2 Å². The molecule has 2 N–H and O–H groups in total. The van der Waals surface area contributed by atoms with Crippen molar-refractivity contribution < 1.29 is 9.90 Å². The van der Waals surface area contributed by atoms with E-state index in [-0.39, 0.29) is 5.75 Å². The molecule has 0 saturated carbocycles. The van der Waals surface area contributed by atoms with Crippen LogP contribution in [0.4, 0.5) is 0 Å². The van der Waals surface area contributed by atoms with Crippen LogP contribution in [-0.4, -0.2) is 17.2 Å². The smallest absolute Gasteiger partial charge is 0.271 e. The summed E-state index contributed by atoms with van der Waals surface area (Å²) < 4.78 is 0. The largest absolute Gasteiger partial charge is 0.508 e. The standard InChI is InChI=1S/C14H10Cl2N2O2/c15-12-6-2-4-10(13(12)16)8-17-18-14(20)9-3-1-5-11(19)7-9/h1-8,19H,(H,18,20)/b17-8-. The molecule has 6 heteroatoms. The van der Waals surface area contributed by atoms with Crippen molar-refractivity contribution in [2.75, 3.05) is 0 Å². The number of rotatable bonds is 3. The Kier molecular flexibility index (Phi) is 4.61. The lowest BCUT2D eigenvalue weighted by Crippen LogP contribution is -2.17. The second-order valence-corrected chi connectivity index (χ2v) is 4.68. The molecule has 0 fully saturated rings. The van der Waals surface area contributed by atoms with Crippen molar-refractivity contribution in [1.82, 2.24) is 5.43 Å². The molecular weight excluding hydrogens is 299 g/mol. The second kappa shape index (κ2) is 6.41. The third kappa shape index (κ3) is 3.50. The maximum absolute atomic E-state index is 11.7. The number of nitrogens with one attached hydrogen (secondary N) is 1. The lowest BCUT2D eigenvalue weighted by atomic mass is 10.2. The third-order valence-electron chi connectivity index (χ3n) is 2.46. The maximum atomic E-state index is 11.7. The first-order valence-corrected chi connectivity index (χ1v) is 6.40. The van der Waals surface area contributed by atoms with E-state index in [4.69, 9.17) is 23.2 Å². The number of nitrogens with zero attached hydrogens (tertiary/aromatic N) is 1. The fourth-order valence-corrected chi connectivity index (χ4v) is 1.85. The predicted molar refractivity (Wildman–Crippen MR) is 79.6 cm³/mol. The molecule has 102 valence electrons. The van der Waals surface area contributed by atoms with Gasteiger partial charge in [-0.15, -0.1) is 0 Å². The molecule has 0 radical (unpaired) electrons. The topological polar surface area (TPSA) is 61.7 Å². The average molecular weight is 309 g/mol. The van der Waals surface area contributed by atoms with Crippen molar-refractivity contribution in [2.45, 2.75) is 0 Å². The number of hydrazone groups is 1. The fourth-order valence-electron chi connectivity index (χ4n) is 1.49. The number of hydrogen-bond acceptors (Lipinski definition) is 3. The van der Waals surface area contributed by atoms with Crippen LogP contribution in [-0.2, 0) is 0 Å². The molecule has 2 aromatic carbocycles. The van der Waals surface area contributed by atoms with Gasteiger partial charge in [-0.05, 0) is 24.3 Å². The van der Waals surface area contributed by atoms with Crippen LogP contribution in [0.25, 0.3) is 0 Å². The molecule has 0 aliphatic carbocycles. The quantitative estimate of drug-likeness (QED) is 0.674. The highest BCUT2D eigenvalue weighted by molar-refractivity contribution is 6.43. The van der Waals surface area contributed by atoms with Crippen LogP contribution in [0.2, 0.25) is 10.0 Å². The van der Waals surface area contributed by atoms with Gasteiger partial charge in [-0.1, -0.05) is 41.4 Å². The number of amides is 1. The molecule has 0 spiro atoms. The Bertz CT molecular complexity index is 672. The number of phenols is 1. The lowest BCUT2D eigenvalue weighted by Gasteiger charge is -2.01. The normalized spacial score (nSPS) is 10.7. The average Bonchev–Trinajstić information content (AvgIpc) is 2.43. The van der Waals surface area contributed by atoms with Gasteiger partial charge in [0, 0.05) is 11.1 Å². The zero-order chi connectivity index (χ0) is 14.5. The molecule has 0 aliphatic rings. The molecular formula is C14H10Cl2N2O2. The molecule has 0 saturated heterocycles. The molecule has 0 heterocycles. The molecule has 0 aromatic heterocycles. The van der Waals surface area contributed by atoms with E-state index in [1.54, 1.807) is 30.3 Å². The van der Waals surface area contributed by atoms with E-state index >= 15 is 0 Å². The molecule has 1 amide bonds. The van der Waals surface area contributed by atoms with E-state index < -0.39 is 5.91 Å². The highest BCUT2D eigenvalue weighted by Gasteiger charge is 2.05. The van der Waals surface area contributed by atoms with Crippen molar-refractivity contribution in [1.29, 1.82) is 0 Å². The monoisotopic (exact) mass is 308 g/mol. The minimum atomic E-state index is -0.435. The van der Waals surface area contributed by atoms with Crippen LogP contribution in [0.5, 0.6) is 5.75 Å². The van der Waals surface area contributed by atoms with Gasteiger partial charge in [0.2, 0.25) is 0 Å². The predicted octanol–water partition coefficient (Wildman–Crippen LogP) is 3.46. The number of carbonyl (C=O) groups is 1. The number of carbonyl (C=O) groups excluding carboxylic acids is 1. The van der Waals surface area contributed by atoms with Crippen molar-refractivity contribution in [3.8, 4) is 5.75 Å². The molecule has 4 nitrogen and oxygen atoms in total. The summed E-state index contributed by atoms with van der Waals surface area (Å²) in [4.78, 5) is 11.7. The first kappa shape index (κ1) is 14.4. The highest BCUT2D eigenvalue weighted by atomic mass is 35.5. The Morgan fingerprint density at radius 1 is 1.20 bits per heavy atom. The van der Waals surface area contributed by atoms with Crippen molar-refractivity contribution in [3.05, 3.63) is 63.6 Å². The van der Waals surface area contributed by atoms with Gasteiger partial charge in [0.1, 0.15) is 5.75 Å². The minimum absolute atomic E-state index is 0.0134. The Labute approximate surface area is 125 Å². The van der Waals surface area contributed by atoms with Gasteiger partial charge < -0.3 is 5.11 Å². The number of phenolic OH excluding ortho intramolecular Hbond substituents is 1. The van der Waals surface area contributed by atoms with Crippen LogP contribution in [0, 0.1) is 0 Å². The summed E-state index contributed by atoms with van der Waals surface area (Å²) in [6.07, 6.45) is 1.40. The zero-order valence-corrected chi connectivity index (χ0v) is 11.7. The summed E-state index contributed by atoms with van der Waals surface area (Å²) >= 11 is 11.8. The van der Waals surface area contributed by atoms with Gasteiger partial charge in [-0.2, -0.15) is 5.10 Å². The fraction of sp³-hybridized carbons (Fsp3) is 0. The van der Waals surface area contributed by atoms with Gasteiger partial charge in [0.25, 0.3) is 5.91 Å². The van der Waals surface area contributed by atoms with Crippen molar-refractivity contribution in [2.24, 2.45) is 5.10 Å². The van der Waals surface area contributed by atoms with Gasteiger partial charge in [0.05, 0.1) is 16.3 Å². The molecule has 20 heavy (non-hydrogen) atoms. The van der Waals surface area contributed by atoms with E-state index in [0.29, 0.717) is 21.2 Å². The summed E-state index contributed by atoms with van der Waals surface area (Å²) in [6.45, 7) is 0. The number of halogens is 2. The molecule has 0 aliphatic heterocycles. The molecule has 0 bridgehead atoms. The number of hydrogen-bond donors (Lipinski definition) is 2. The summed E-state index contributed by atoms with van der Waals surface area (Å²) in [5.41, 5.74) is 3.24. The van der Waals surface area contributed by atoms with Crippen LogP contribution in [0.15, 0.2) is 47.6 Å².